The van der Waals surface area contributed by atoms with Gasteiger partial charge in [-0.2, -0.15) is 11.8 Å². The van der Waals surface area contributed by atoms with Gasteiger partial charge in [0, 0.05) is 31.1 Å². The molecule has 0 spiro atoms. The molecule has 1 heterocycles. The molecule has 0 bridgehead atoms. The second kappa shape index (κ2) is 6.38. The fourth-order valence-electron chi connectivity index (χ4n) is 1.58. The minimum atomic E-state index is 0.0321. The molecule has 1 saturated heterocycles. The Morgan fingerprint density at radius 2 is 1.93 bits per heavy atom. The Balaban J connectivity index is 2.30. The molecule has 1 aliphatic rings. The van der Waals surface area contributed by atoms with Crippen LogP contribution in [0.1, 0.15) is 20.8 Å². The number of nitrogens with one attached hydrogen (secondary N) is 1. The SMILES string of the molecule is CC(C)CNC(=O)[C@H](C)N1CCSCC1. The molecule has 0 radical (unpaired) electrons. The van der Waals surface area contributed by atoms with Crippen LogP contribution in [0, 0.1) is 5.92 Å². The van der Waals surface area contributed by atoms with Crippen molar-refractivity contribution >= 4 is 17.7 Å². The van der Waals surface area contributed by atoms with Crippen LogP contribution in [-0.4, -0.2) is 48.0 Å². The standard InChI is InChI=1S/C11H22N2OS/c1-9(2)8-12-11(14)10(3)13-4-6-15-7-5-13/h9-10H,4-8H2,1-3H3,(H,12,14)/t10-/m0/s1. The van der Waals surface area contributed by atoms with E-state index in [1.807, 2.05) is 18.7 Å². The average molecular weight is 230 g/mol. The number of rotatable bonds is 4. The Morgan fingerprint density at radius 3 is 2.47 bits per heavy atom. The highest BCUT2D eigenvalue weighted by molar-refractivity contribution is 7.99. The summed E-state index contributed by atoms with van der Waals surface area (Å²) < 4.78 is 0. The van der Waals surface area contributed by atoms with E-state index in [0.29, 0.717) is 5.92 Å². The van der Waals surface area contributed by atoms with Crippen LogP contribution in [0.5, 0.6) is 0 Å². The second-order valence-electron chi connectivity index (χ2n) is 4.46. The minimum Gasteiger partial charge on any atom is -0.354 e. The van der Waals surface area contributed by atoms with Gasteiger partial charge in [0.1, 0.15) is 0 Å². The monoisotopic (exact) mass is 230 g/mol. The number of hydrogen-bond acceptors (Lipinski definition) is 3. The lowest BCUT2D eigenvalue weighted by Gasteiger charge is -2.31. The van der Waals surface area contributed by atoms with Crippen molar-refractivity contribution in [1.82, 2.24) is 10.2 Å². The number of carbonyl (C=O) groups is 1. The van der Waals surface area contributed by atoms with Crippen LogP contribution in [0.3, 0.4) is 0 Å². The summed E-state index contributed by atoms with van der Waals surface area (Å²) in [6.45, 7) is 9.10. The Morgan fingerprint density at radius 1 is 1.33 bits per heavy atom. The van der Waals surface area contributed by atoms with Crippen LogP contribution in [0.15, 0.2) is 0 Å². The van der Waals surface area contributed by atoms with E-state index in [2.05, 4.69) is 24.1 Å². The van der Waals surface area contributed by atoms with E-state index in [9.17, 15) is 4.79 Å². The molecule has 15 heavy (non-hydrogen) atoms. The van der Waals surface area contributed by atoms with E-state index < -0.39 is 0 Å². The van der Waals surface area contributed by atoms with Crippen molar-refractivity contribution in [2.24, 2.45) is 5.92 Å². The first-order chi connectivity index (χ1) is 7.11. The first-order valence-corrected chi connectivity index (χ1v) is 6.86. The summed E-state index contributed by atoms with van der Waals surface area (Å²) in [6, 6.07) is 0.0321. The van der Waals surface area contributed by atoms with Gasteiger partial charge in [-0.15, -0.1) is 0 Å². The van der Waals surface area contributed by atoms with Crippen molar-refractivity contribution in [3.63, 3.8) is 0 Å². The predicted octanol–water partition coefficient (Wildman–Crippen LogP) is 1.20. The predicted molar refractivity (Wildman–Crippen MR) is 66.2 cm³/mol. The highest BCUT2D eigenvalue weighted by Crippen LogP contribution is 2.12. The molecule has 1 N–H and O–H groups in total. The molecule has 1 rings (SSSR count). The smallest absolute Gasteiger partial charge is 0.237 e. The zero-order chi connectivity index (χ0) is 11.3. The fourth-order valence-corrected chi connectivity index (χ4v) is 2.51. The summed E-state index contributed by atoms with van der Waals surface area (Å²) in [4.78, 5) is 14.1. The van der Waals surface area contributed by atoms with Crippen molar-refractivity contribution in [2.45, 2.75) is 26.8 Å². The third-order valence-corrected chi connectivity index (χ3v) is 3.60. The van der Waals surface area contributed by atoms with Gasteiger partial charge in [-0.3, -0.25) is 9.69 Å². The van der Waals surface area contributed by atoms with Crippen molar-refractivity contribution in [2.75, 3.05) is 31.1 Å². The molecule has 0 saturated carbocycles. The van der Waals surface area contributed by atoms with Gasteiger partial charge >= 0.3 is 0 Å². The van der Waals surface area contributed by atoms with Crippen molar-refractivity contribution in [1.29, 1.82) is 0 Å². The third-order valence-electron chi connectivity index (χ3n) is 2.66. The third kappa shape index (κ3) is 4.43. The molecular formula is C11H22N2OS. The van der Waals surface area contributed by atoms with Gasteiger partial charge in [0.2, 0.25) is 5.91 Å². The Kier molecular flexibility index (Phi) is 5.47. The molecule has 0 aliphatic carbocycles. The van der Waals surface area contributed by atoms with Gasteiger partial charge < -0.3 is 5.32 Å². The maximum absolute atomic E-state index is 11.8. The normalized spacial score (nSPS) is 20.3. The van der Waals surface area contributed by atoms with Crippen LogP contribution in [0.2, 0.25) is 0 Å². The number of hydrogen-bond donors (Lipinski definition) is 1. The minimum absolute atomic E-state index is 0.0321. The van der Waals surface area contributed by atoms with Gasteiger partial charge in [-0.25, -0.2) is 0 Å². The summed E-state index contributed by atoms with van der Waals surface area (Å²) in [5.74, 6) is 3.01. The maximum Gasteiger partial charge on any atom is 0.237 e. The number of carbonyl (C=O) groups excluding carboxylic acids is 1. The average Bonchev–Trinajstić information content (AvgIpc) is 2.26. The summed E-state index contributed by atoms with van der Waals surface area (Å²) >= 11 is 1.97. The maximum atomic E-state index is 11.8. The van der Waals surface area contributed by atoms with Gasteiger partial charge in [-0.05, 0) is 12.8 Å². The molecule has 0 aromatic heterocycles. The molecule has 1 amide bonds. The molecule has 0 aromatic carbocycles. The van der Waals surface area contributed by atoms with Crippen molar-refractivity contribution < 1.29 is 4.79 Å². The lowest BCUT2D eigenvalue weighted by Crippen LogP contribution is -2.48. The van der Waals surface area contributed by atoms with Gasteiger partial charge in [0.15, 0.2) is 0 Å². The van der Waals surface area contributed by atoms with Gasteiger partial charge in [0.05, 0.1) is 6.04 Å². The van der Waals surface area contributed by atoms with E-state index in [0.717, 1.165) is 31.1 Å². The molecule has 0 aromatic rings. The van der Waals surface area contributed by atoms with Crippen LogP contribution in [0.25, 0.3) is 0 Å². The van der Waals surface area contributed by atoms with Gasteiger partial charge in [0.25, 0.3) is 0 Å². The largest absolute Gasteiger partial charge is 0.354 e. The summed E-state index contributed by atoms with van der Waals surface area (Å²) in [7, 11) is 0. The Labute approximate surface area is 97.0 Å². The second-order valence-corrected chi connectivity index (χ2v) is 5.69. The summed E-state index contributed by atoms with van der Waals surface area (Å²) in [5.41, 5.74) is 0. The lowest BCUT2D eigenvalue weighted by molar-refractivity contribution is -0.125. The zero-order valence-corrected chi connectivity index (χ0v) is 10.8. The molecule has 1 atom stereocenters. The topological polar surface area (TPSA) is 32.3 Å². The van der Waals surface area contributed by atoms with E-state index in [4.69, 9.17) is 0 Å². The zero-order valence-electron chi connectivity index (χ0n) is 9.95. The number of amides is 1. The molecule has 1 aliphatic heterocycles. The molecule has 1 fully saturated rings. The lowest BCUT2D eigenvalue weighted by atomic mass is 10.2. The van der Waals surface area contributed by atoms with Crippen LogP contribution < -0.4 is 5.32 Å². The van der Waals surface area contributed by atoms with E-state index in [1.54, 1.807) is 0 Å². The highest BCUT2D eigenvalue weighted by Gasteiger charge is 2.22. The first-order valence-electron chi connectivity index (χ1n) is 5.70. The molecule has 0 unspecified atom stereocenters. The summed E-state index contributed by atoms with van der Waals surface area (Å²) in [5, 5.41) is 2.99. The molecule has 88 valence electrons. The van der Waals surface area contributed by atoms with E-state index in [1.165, 1.54) is 0 Å². The van der Waals surface area contributed by atoms with Crippen LogP contribution in [-0.2, 0) is 4.79 Å². The summed E-state index contributed by atoms with van der Waals surface area (Å²) in [6.07, 6.45) is 0. The fraction of sp³-hybridized carbons (Fsp3) is 0.909. The van der Waals surface area contributed by atoms with E-state index >= 15 is 0 Å². The number of nitrogens with zero attached hydrogens (tertiary/aromatic N) is 1. The number of thioether (sulfide) groups is 1. The molecule has 4 heteroatoms. The van der Waals surface area contributed by atoms with E-state index in [-0.39, 0.29) is 11.9 Å². The van der Waals surface area contributed by atoms with Gasteiger partial charge in [-0.1, -0.05) is 13.8 Å². The van der Waals surface area contributed by atoms with Crippen molar-refractivity contribution in [3.8, 4) is 0 Å². The molecular weight excluding hydrogens is 208 g/mol. The van der Waals surface area contributed by atoms with Crippen LogP contribution in [0.4, 0.5) is 0 Å². The Hall–Kier alpha value is -0.220. The quantitative estimate of drug-likeness (QED) is 0.787. The highest BCUT2D eigenvalue weighted by atomic mass is 32.2. The van der Waals surface area contributed by atoms with Crippen LogP contribution >= 0.6 is 11.8 Å². The Bertz CT molecular complexity index is 203. The first kappa shape index (κ1) is 12.8. The van der Waals surface area contributed by atoms with Crippen molar-refractivity contribution in [3.05, 3.63) is 0 Å². The molecule has 3 nitrogen and oxygen atoms in total.